The summed E-state index contributed by atoms with van der Waals surface area (Å²) in [5.74, 6) is -0.601. The van der Waals surface area contributed by atoms with Crippen LogP contribution in [0.2, 0.25) is 0 Å². The normalized spacial score (nSPS) is 12.6. The largest absolute Gasteiger partial charge is 0.373 e. The van der Waals surface area contributed by atoms with E-state index in [1.807, 2.05) is 0 Å². The Balaban J connectivity index is 2.88. The lowest BCUT2D eigenvalue weighted by Gasteiger charge is -2.12. The third-order valence-electron chi connectivity index (χ3n) is 2.07. The summed E-state index contributed by atoms with van der Waals surface area (Å²) in [5, 5.41) is 22.7. The SMILES string of the molecule is C/C=C/CC(O)Nc1cc(F)ccc1[N+](=O)[O-]. The lowest BCUT2D eigenvalue weighted by atomic mass is 10.2. The van der Waals surface area contributed by atoms with Crippen molar-refractivity contribution in [1.82, 2.24) is 0 Å². The maximum atomic E-state index is 13.0. The van der Waals surface area contributed by atoms with Crippen molar-refractivity contribution in [1.29, 1.82) is 0 Å². The van der Waals surface area contributed by atoms with Crippen LogP contribution in [-0.4, -0.2) is 16.3 Å². The fourth-order valence-electron chi connectivity index (χ4n) is 1.29. The van der Waals surface area contributed by atoms with Crippen molar-refractivity contribution in [3.63, 3.8) is 0 Å². The van der Waals surface area contributed by atoms with E-state index in [0.29, 0.717) is 0 Å². The number of hydrogen-bond acceptors (Lipinski definition) is 4. The molecule has 0 aromatic heterocycles. The molecule has 0 aliphatic heterocycles. The zero-order valence-electron chi connectivity index (χ0n) is 9.26. The number of halogens is 1. The molecule has 0 saturated heterocycles. The van der Waals surface area contributed by atoms with Crippen LogP contribution in [0.1, 0.15) is 13.3 Å². The number of rotatable bonds is 5. The summed E-state index contributed by atoms with van der Waals surface area (Å²) < 4.78 is 13.0. The molecule has 2 N–H and O–H groups in total. The number of hydrogen-bond donors (Lipinski definition) is 2. The Morgan fingerprint density at radius 1 is 1.65 bits per heavy atom. The Morgan fingerprint density at radius 2 is 2.35 bits per heavy atom. The maximum Gasteiger partial charge on any atom is 0.292 e. The van der Waals surface area contributed by atoms with Crippen LogP contribution in [-0.2, 0) is 0 Å². The second-order valence-electron chi connectivity index (χ2n) is 3.38. The molecule has 0 radical (unpaired) electrons. The van der Waals surface area contributed by atoms with Gasteiger partial charge in [-0.05, 0) is 13.0 Å². The van der Waals surface area contributed by atoms with Crippen LogP contribution in [0.25, 0.3) is 0 Å². The first kappa shape index (κ1) is 13.1. The molecule has 0 aliphatic carbocycles. The van der Waals surface area contributed by atoms with Gasteiger partial charge in [-0.25, -0.2) is 4.39 Å². The average molecular weight is 240 g/mol. The van der Waals surface area contributed by atoms with Crippen molar-refractivity contribution >= 4 is 11.4 Å². The monoisotopic (exact) mass is 240 g/mol. The van der Waals surface area contributed by atoms with Crippen LogP contribution in [0, 0.1) is 15.9 Å². The highest BCUT2D eigenvalue weighted by atomic mass is 19.1. The van der Waals surface area contributed by atoms with Gasteiger partial charge in [0, 0.05) is 18.6 Å². The van der Waals surface area contributed by atoms with Crippen LogP contribution < -0.4 is 5.32 Å². The first-order valence-electron chi connectivity index (χ1n) is 5.04. The van der Waals surface area contributed by atoms with Crippen molar-refractivity contribution in [2.45, 2.75) is 19.6 Å². The number of aliphatic hydroxyl groups is 1. The van der Waals surface area contributed by atoms with E-state index in [9.17, 15) is 19.6 Å². The molecule has 0 saturated carbocycles. The van der Waals surface area contributed by atoms with Gasteiger partial charge in [-0.2, -0.15) is 0 Å². The van der Waals surface area contributed by atoms with E-state index >= 15 is 0 Å². The highest BCUT2D eigenvalue weighted by Crippen LogP contribution is 2.25. The van der Waals surface area contributed by atoms with Crippen LogP contribution in [0.5, 0.6) is 0 Å². The van der Waals surface area contributed by atoms with Crippen molar-refractivity contribution < 1.29 is 14.4 Å². The fourth-order valence-corrected chi connectivity index (χ4v) is 1.29. The number of nitrogens with one attached hydrogen (secondary N) is 1. The first-order chi connectivity index (χ1) is 8.04. The summed E-state index contributed by atoms with van der Waals surface area (Å²) in [6.07, 6.45) is 2.73. The van der Waals surface area contributed by atoms with Gasteiger partial charge in [0.05, 0.1) is 4.92 Å². The second kappa shape index (κ2) is 5.95. The third kappa shape index (κ3) is 3.84. The zero-order valence-corrected chi connectivity index (χ0v) is 9.26. The van der Waals surface area contributed by atoms with Gasteiger partial charge >= 0.3 is 0 Å². The predicted molar refractivity (Wildman–Crippen MR) is 62.1 cm³/mol. The highest BCUT2D eigenvalue weighted by molar-refractivity contribution is 5.61. The minimum atomic E-state index is -0.994. The molecule has 1 atom stereocenters. The van der Waals surface area contributed by atoms with Crippen molar-refractivity contribution in [3.05, 3.63) is 46.3 Å². The molecule has 0 aliphatic rings. The van der Waals surface area contributed by atoms with Crippen LogP contribution in [0.4, 0.5) is 15.8 Å². The van der Waals surface area contributed by atoms with Gasteiger partial charge in [0.1, 0.15) is 17.7 Å². The van der Waals surface area contributed by atoms with Crippen LogP contribution in [0.3, 0.4) is 0 Å². The average Bonchev–Trinajstić information content (AvgIpc) is 2.26. The Bertz CT molecular complexity index is 435. The van der Waals surface area contributed by atoms with E-state index in [1.165, 1.54) is 0 Å². The third-order valence-corrected chi connectivity index (χ3v) is 2.07. The van der Waals surface area contributed by atoms with Gasteiger partial charge < -0.3 is 10.4 Å². The fraction of sp³-hybridized carbons (Fsp3) is 0.273. The number of benzene rings is 1. The highest BCUT2D eigenvalue weighted by Gasteiger charge is 2.16. The van der Waals surface area contributed by atoms with E-state index in [-0.39, 0.29) is 17.8 Å². The van der Waals surface area contributed by atoms with E-state index < -0.39 is 17.0 Å². The Hall–Kier alpha value is -1.95. The van der Waals surface area contributed by atoms with Gasteiger partial charge in [-0.1, -0.05) is 12.2 Å². The molecule has 17 heavy (non-hydrogen) atoms. The molecule has 1 unspecified atom stereocenters. The van der Waals surface area contributed by atoms with Gasteiger partial charge in [-0.15, -0.1) is 0 Å². The van der Waals surface area contributed by atoms with E-state index in [4.69, 9.17) is 0 Å². The van der Waals surface area contributed by atoms with Gasteiger partial charge in [0.25, 0.3) is 5.69 Å². The molecule has 1 rings (SSSR count). The number of nitro benzene ring substituents is 1. The molecule has 0 fully saturated rings. The lowest BCUT2D eigenvalue weighted by Crippen LogP contribution is -2.18. The van der Waals surface area contributed by atoms with Gasteiger partial charge in [-0.3, -0.25) is 10.1 Å². The van der Waals surface area contributed by atoms with E-state index in [2.05, 4.69) is 5.32 Å². The van der Waals surface area contributed by atoms with E-state index in [0.717, 1.165) is 18.2 Å². The number of nitro groups is 1. The van der Waals surface area contributed by atoms with Crippen LogP contribution in [0.15, 0.2) is 30.4 Å². The molecule has 0 spiro atoms. The minimum Gasteiger partial charge on any atom is -0.373 e. The second-order valence-corrected chi connectivity index (χ2v) is 3.38. The van der Waals surface area contributed by atoms with Gasteiger partial charge in [0.15, 0.2) is 0 Å². The summed E-state index contributed by atoms with van der Waals surface area (Å²) in [4.78, 5) is 10.0. The summed E-state index contributed by atoms with van der Waals surface area (Å²) in [7, 11) is 0. The molecule has 0 amide bonds. The molecule has 5 nitrogen and oxygen atoms in total. The summed E-state index contributed by atoms with van der Waals surface area (Å²) >= 11 is 0. The number of aliphatic hydroxyl groups excluding tert-OH is 1. The Labute approximate surface area is 97.7 Å². The summed E-state index contributed by atoms with van der Waals surface area (Å²) in [5.41, 5.74) is -0.307. The molecule has 1 aromatic carbocycles. The molecule has 1 aromatic rings. The van der Waals surface area contributed by atoms with Crippen molar-refractivity contribution in [3.8, 4) is 0 Å². The zero-order chi connectivity index (χ0) is 12.8. The van der Waals surface area contributed by atoms with E-state index in [1.54, 1.807) is 19.1 Å². The number of allylic oxidation sites excluding steroid dienone is 1. The standard InChI is InChI=1S/C11H13FN2O3/c1-2-3-4-11(15)13-9-7-8(12)5-6-10(9)14(16)17/h2-3,5-7,11,13,15H,4H2,1H3/b3-2+. The summed E-state index contributed by atoms with van der Waals surface area (Å²) in [6, 6.07) is 3.04. The topological polar surface area (TPSA) is 75.4 Å². The Kier molecular flexibility index (Phi) is 4.59. The first-order valence-corrected chi connectivity index (χ1v) is 5.04. The number of nitrogens with zero attached hydrogens (tertiary/aromatic N) is 1. The minimum absolute atomic E-state index is 0.0352. The quantitative estimate of drug-likeness (QED) is 0.358. The van der Waals surface area contributed by atoms with Gasteiger partial charge in [0.2, 0.25) is 0 Å². The molecule has 0 bridgehead atoms. The maximum absolute atomic E-state index is 13.0. The van der Waals surface area contributed by atoms with Crippen molar-refractivity contribution in [2.24, 2.45) is 0 Å². The lowest BCUT2D eigenvalue weighted by molar-refractivity contribution is -0.384. The predicted octanol–water partition coefficient (Wildman–Crippen LogP) is 2.43. The molecule has 6 heteroatoms. The molecule has 92 valence electrons. The van der Waals surface area contributed by atoms with Crippen LogP contribution >= 0.6 is 0 Å². The Morgan fingerprint density at radius 3 is 2.94 bits per heavy atom. The molecular weight excluding hydrogens is 227 g/mol. The number of anilines is 1. The summed E-state index contributed by atoms with van der Waals surface area (Å²) in [6.45, 7) is 1.79. The molecular formula is C11H13FN2O3. The molecule has 0 heterocycles. The smallest absolute Gasteiger partial charge is 0.292 e. The van der Waals surface area contributed by atoms with Crippen molar-refractivity contribution in [2.75, 3.05) is 5.32 Å².